The highest BCUT2D eigenvalue weighted by Gasteiger charge is 2.20. The number of aromatic nitrogens is 2. The van der Waals surface area contributed by atoms with Crippen molar-refractivity contribution >= 4 is 5.97 Å². The van der Waals surface area contributed by atoms with Crippen molar-refractivity contribution in [3.8, 4) is 0 Å². The fraction of sp³-hybridized carbons (Fsp3) is 0.231. The number of aryl methyl sites for hydroxylation is 1. The Bertz CT molecular complexity index is 583. The van der Waals surface area contributed by atoms with Crippen molar-refractivity contribution in [2.75, 3.05) is 0 Å². The molecule has 0 aliphatic rings. The lowest BCUT2D eigenvalue weighted by Gasteiger charge is -2.09. The van der Waals surface area contributed by atoms with Crippen LogP contribution in [0.1, 0.15) is 17.2 Å². The molecule has 19 heavy (non-hydrogen) atoms. The molecule has 6 heteroatoms. The van der Waals surface area contributed by atoms with Gasteiger partial charge in [0.1, 0.15) is 12.4 Å². The third-order valence-electron chi connectivity index (χ3n) is 2.53. The van der Waals surface area contributed by atoms with Crippen LogP contribution in [0.2, 0.25) is 0 Å². The molecule has 2 rings (SSSR count). The quantitative estimate of drug-likeness (QED) is 0.846. The molecular formula is C13H13FN2O3. The Labute approximate surface area is 109 Å². The topological polar surface area (TPSA) is 64.4 Å². The summed E-state index contributed by atoms with van der Waals surface area (Å²) in [6.07, 6.45) is 1.52. The molecule has 5 nitrogen and oxygen atoms in total. The summed E-state index contributed by atoms with van der Waals surface area (Å²) in [5, 5.41) is 13.6. The van der Waals surface area contributed by atoms with E-state index in [9.17, 15) is 14.3 Å². The number of esters is 1. The predicted octanol–water partition coefficient (Wildman–Crippen LogP) is 1.34. The first kappa shape index (κ1) is 13.2. The molecule has 2 aromatic rings. The zero-order valence-corrected chi connectivity index (χ0v) is 10.3. The molecule has 0 radical (unpaired) electrons. The minimum Gasteiger partial charge on any atom is -0.459 e. The van der Waals surface area contributed by atoms with Crippen LogP contribution in [0, 0.1) is 5.82 Å². The van der Waals surface area contributed by atoms with Crippen molar-refractivity contribution in [3.05, 3.63) is 53.6 Å². The number of aliphatic hydroxyl groups excluding tert-OH is 1. The van der Waals surface area contributed by atoms with Crippen LogP contribution in [-0.2, 0) is 23.2 Å². The van der Waals surface area contributed by atoms with Crippen molar-refractivity contribution in [2.45, 2.75) is 12.7 Å². The first-order valence-electron chi connectivity index (χ1n) is 5.64. The summed E-state index contributed by atoms with van der Waals surface area (Å²) < 4.78 is 19.3. The normalized spacial score (nSPS) is 12.2. The molecule has 0 unspecified atom stereocenters. The SMILES string of the molecule is Cn1cc([C@@H](O)C(=O)OCc2cccc(F)c2)cn1. The van der Waals surface area contributed by atoms with Crippen LogP contribution in [0.15, 0.2) is 36.7 Å². The molecule has 0 fully saturated rings. The lowest BCUT2D eigenvalue weighted by Crippen LogP contribution is -2.15. The number of halogens is 1. The standard InChI is InChI=1S/C13H13FN2O3/c1-16-7-10(6-15-16)12(17)13(18)19-8-9-3-2-4-11(14)5-9/h2-7,12,17H,8H2,1H3/t12-/m1/s1. The van der Waals surface area contributed by atoms with Gasteiger partial charge >= 0.3 is 5.97 Å². The van der Waals surface area contributed by atoms with Gasteiger partial charge in [0.2, 0.25) is 0 Å². The van der Waals surface area contributed by atoms with Crippen LogP contribution >= 0.6 is 0 Å². The zero-order valence-electron chi connectivity index (χ0n) is 10.3. The van der Waals surface area contributed by atoms with Gasteiger partial charge in [0.25, 0.3) is 0 Å². The van der Waals surface area contributed by atoms with Gasteiger partial charge in [-0.05, 0) is 17.7 Å². The van der Waals surface area contributed by atoms with Gasteiger partial charge in [0.05, 0.1) is 6.20 Å². The Morgan fingerprint density at radius 1 is 1.58 bits per heavy atom. The van der Waals surface area contributed by atoms with E-state index in [1.807, 2.05) is 0 Å². The molecule has 0 amide bonds. The zero-order chi connectivity index (χ0) is 13.8. The number of carbonyl (C=O) groups is 1. The van der Waals surface area contributed by atoms with Gasteiger partial charge in [-0.2, -0.15) is 5.10 Å². The summed E-state index contributed by atoms with van der Waals surface area (Å²) in [4.78, 5) is 11.6. The number of hydrogen-bond acceptors (Lipinski definition) is 4. The van der Waals surface area contributed by atoms with Crippen molar-refractivity contribution in [3.63, 3.8) is 0 Å². The van der Waals surface area contributed by atoms with Gasteiger partial charge < -0.3 is 9.84 Å². The van der Waals surface area contributed by atoms with Crippen LogP contribution in [-0.4, -0.2) is 20.9 Å². The van der Waals surface area contributed by atoms with Gasteiger partial charge in [-0.3, -0.25) is 4.68 Å². The van der Waals surface area contributed by atoms with Crippen LogP contribution < -0.4 is 0 Å². The second-order valence-corrected chi connectivity index (χ2v) is 4.09. The first-order chi connectivity index (χ1) is 9.06. The summed E-state index contributed by atoms with van der Waals surface area (Å²) in [5.74, 6) is -1.20. The smallest absolute Gasteiger partial charge is 0.340 e. The third-order valence-corrected chi connectivity index (χ3v) is 2.53. The summed E-state index contributed by atoms with van der Waals surface area (Å²) in [7, 11) is 1.67. The second-order valence-electron chi connectivity index (χ2n) is 4.09. The third kappa shape index (κ3) is 3.38. The average molecular weight is 264 g/mol. The maximum atomic E-state index is 12.9. The van der Waals surface area contributed by atoms with Gasteiger partial charge in [0.15, 0.2) is 6.10 Å². The Balaban J connectivity index is 1.94. The average Bonchev–Trinajstić information content (AvgIpc) is 2.82. The van der Waals surface area contributed by atoms with E-state index in [1.54, 1.807) is 13.1 Å². The predicted molar refractivity (Wildman–Crippen MR) is 64.4 cm³/mol. The maximum absolute atomic E-state index is 12.9. The van der Waals surface area contributed by atoms with E-state index in [1.165, 1.54) is 35.3 Å². The summed E-state index contributed by atoms with van der Waals surface area (Å²) in [5.41, 5.74) is 0.874. The Kier molecular flexibility index (Phi) is 3.91. The lowest BCUT2D eigenvalue weighted by atomic mass is 10.2. The summed E-state index contributed by atoms with van der Waals surface area (Å²) in [6, 6.07) is 5.72. The molecule has 1 heterocycles. The van der Waals surface area contributed by atoms with Crippen LogP contribution in [0.3, 0.4) is 0 Å². The molecular weight excluding hydrogens is 251 g/mol. The first-order valence-corrected chi connectivity index (χ1v) is 5.64. The highest BCUT2D eigenvalue weighted by molar-refractivity contribution is 5.76. The number of benzene rings is 1. The molecule has 100 valence electrons. The number of aliphatic hydroxyl groups is 1. The second kappa shape index (κ2) is 5.62. The number of hydrogen-bond donors (Lipinski definition) is 1. The van der Waals surface area contributed by atoms with E-state index in [0.717, 1.165) is 0 Å². The molecule has 0 bridgehead atoms. The van der Waals surface area contributed by atoms with Gasteiger partial charge in [-0.25, -0.2) is 9.18 Å². The lowest BCUT2D eigenvalue weighted by molar-refractivity contribution is -0.155. The van der Waals surface area contributed by atoms with Crippen molar-refractivity contribution in [2.24, 2.45) is 7.05 Å². The molecule has 1 aromatic heterocycles. The monoisotopic (exact) mass is 264 g/mol. The van der Waals surface area contributed by atoms with E-state index >= 15 is 0 Å². The number of nitrogens with zero attached hydrogens (tertiary/aromatic N) is 2. The van der Waals surface area contributed by atoms with Crippen molar-refractivity contribution in [1.82, 2.24) is 9.78 Å². The van der Waals surface area contributed by atoms with Crippen LogP contribution in [0.5, 0.6) is 0 Å². The number of ether oxygens (including phenoxy) is 1. The minimum absolute atomic E-state index is 0.0894. The van der Waals surface area contributed by atoms with Gasteiger partial charge in [-0.1, -0.05) is 12.1 Å². The molecule has 1 N–H and O–H groups in total. The molecule has 1 atom stereocenters. The van der Waals surface area contributed by atoms with E-state index in [2.05, 4.69) is 5.10 Å². The Hall–Kier alpha value is -2.21. The molecule has 0 saturated carbocycles. The molecule has 0 aliphatic heterocycles. The number of carbonyl (C=O) groups excluding carboxylic acids is 1. The van der Waals surface area contributed by atoms with E-state index in [-0.39, 0.29) is 6.61 Å². The van der Waals surface area contributed by atoms with Gasteiger partial charge in [0, 0.05) is 18.8 Å². The summed E-state index contributed by atoms with van der Waals surface area (Å²) in [6.45, 7) is -0.0894. The fourth-order valence-electron chi connectivity index (χ4n) is 1.58. The Morgan fingerprint density at radius 3 is 3.00 bits per heavy atom. The molecule has 0 spiro atoms. The van der Waals surface area contributed by atoms with Gasteiger partial charge in [-0.15, -0.1) is 0 Å². The van der Waals surface area contributed by atoms with E-state index < -0.39 is 17.9 Å². The molecule has 1 aromatic carbocycles. The Morgan fingerprint density at radius 2 is 2.37 bits per heavy atom. The summed E-state index contributed by atoms with van der Waals surface area (Å²) >= 11 is 0. The highest BCUT2D eigenvalue weighted by atomic mass is 19.1. The number of rotatable bonds is 4. The minimum atomic E-state index is -1.39. The largest absolute Gasteiger partial charge is 0.459 e. The van der Waals surface area contributed by atoms with Crippen LogP contribution in [0.4, 0.5) is 4.39 Å². The highest BCUT2D eigenvalue weighted by Crippen LogP contribution is 2.14. The van der Waals surface area contributed by atoms with Crippen molar-refractivity contribution < 1.29 is 19.0 Å². The van der Waals surface area contributed by atoms with Crippen molar-refractivity contribution in [1.29, 1.82) is 0 Å². The van der Waals surface area contributed by atoms with E-state index in [0.29, 0.717) is 11.1 Å². The maximum Gasteiger partial charge on any atom is 0.340 e. The fourth-order valence-corrected chi connectivity index (χ4v) is 1.58. The molecule has 0 saturated heterocycles. The van der Waals surface area contributed by atoms with E-state index in [4.69, 9.17) is 4.74 Å². The molecule has 0 aliphatic carbocycles. The van der Waals surface area contributed by atoms with Crippen LogP contribution in [0.25, 0.3) is 0 Å².